The van der Waals surface area contributed by atoms with Crippen LogP contribution in [0.3, 0.4) is 0 Å². The smallest absolute Gasteiger partial charge is 0.254 e. The van der Waals surface area contributed by atoms with E-state index in [0.717, 1.165) is 35.3 Å². The highest BCUT2D eigenvalue weighted by Crippen LogP contribution is 2.23. The number of piperazine rings is 1. The molecule has 0 aliphatic carbocycles. The first-order chi connectivity index (χ1) is 17.5. The van der Waals surface area contributed by atoms with Gasteiger partial charge in [0.05, 0.1) is 6.54 Å². The van der Waals surface area contributed by atoms with Gasteiger partial charge in [-0.25, -0.2) is 0 Å². The minimum atomic E-state index is -0.188. The Morgan fingerprint density at radius 2 is 1.57 bits per heavy atom. The van der Waals surface area contributed by atoms with Gasteiger partial charge in [-0.05, 0) is 48.4 Å². The van der Waals surface area contributed by atoms with E-state index in [-0.39, 0.29) is 22.5 Å². The van der Waals surface area contributed by atoms with Gasteiger partial charge >= 0.3 is 0 Å². The lowest BCUT2D eigenvalue weighted by Crippen LogP contribution is -2.48. The molecule has 37 heavy (non-hydrogen) atoms. The monoisotopic (exact) mass is 502 g/mol. The van der Waals surface area contributed by atoms with Crippen LogP contribution >= 0.6 is 0 Å². The van der Waals surface area contributed by atoms with Crippen molar-refractivity contribution in [2.45, 2.75) is 60.1 Å². The lowest BCUT2D eigenvalue weighted by atomic mass is 9.87. The third-order valence-electron chi connectivity index (χ3n) is 7.00. The van der Waals surface area contributed by atoms with Crippen molar-refractivity contribution in [2.24, 2.45) is 0 Å². The first kappa shape index (κ1) is 26.7. The van der Waals surface area contributed by atoms with E-state index in [4.69, 9.17) is 9.15 Å². The molecule has 6 nitrogen and oxygen atoms in total. The maximum Gasteiger partial charge on any atom is 0.254 e. The molecule has 0 bridgehead atoms. The second kappa shape index (κ2) is 10.9. The summed E-state index contributed by atoms with van der Waals surface area (Å²) in [6.45, 7) is 16.2. The predicted octanol–water partition coefficient (Wildman–Crippen LogP) is 5.40. The van der Waals surface area contributed by atoms with Gasteiger partial charge in [-0.3, -0.25) is 14.5 Å². The van der Waals surface area contributed by atoms with E-state index in [1.807, 2.05) is 30.9 Å². The van der Waals surface area contributed by atoms with Crippen molar-refractivity contribution in [3.63, 3.8) is 0 Å². The van der Waals surface area contributed by atoms with Gasteiger partial charge in [0.15, 0.2) is 0 Å². The summed E-state index contributed by atoms with van der Waals surface area (Å²) >= 11 is 0. The molecule has 0 unspecified atom stereocenters. The molecular formula is C31H38N2O4. The van der Waals surface area contributed by atoms with Crippen molar-refractivity contribution < 1.29 is 13.9 Å². The number of ether oxygens (including phenoxy) is 1. The van der Waals surface area contributed by atoms with Gasteiger partial charge in [-0.15, -0.1) is 0 Å². The number of nitrogens with zero attached hydrogens (tertiary/aromatic N) is 2. The molecule has 1 aliphatic rings. The van der Waals surface area contributed by atoms with Crippen LogP contribution in [0.25, 0.3) is 0 Å². The quantitative estimate of drug-likeness (QED) is 0.452. The molecular weight excluding hydrogens is 464 g/mol. The van der Waals surface area contributed by atoms with E-state index in [9.17, 15) is 9.59 Å². The largest absolute Gasteiger partial charge is 0.482 e. The number of amides is 1. The standard InChI is InChI=1S/C31H38N2O4/c1-21-15-22(2)29(23(3)16-21)30(35)33-13-11-32(12-14-33)18-26-17-27(34)28(20-36-26)37-19-24-7-9-25(10-8-24)31(4,5)6/h7-10,15-17,20H,11-14,18-19H2,1-6H3. The van der Waals surface area contributed by atoms with E-state index in [0.29, 0.717) is 32.0 Å². The van der Waals surface area contributed by atoms with Crippen molar-refractivity contribution in [3.8, 4) is 5.75 Å². The van der Waals surface area contributed by atoms with Crippen LogP contribution in [0.5, 0.6) is 5.75 Å². The van der Waals surface area contributed by atoms with Crippen molar-refractivity contribution >= 4 is 5.91 Å². The highest BCUT2D eigenvalue weighted by Gasteiger charge is 2.25. The Bertz CT molecular complexity index is 1290. The molecule has 0 radical (unpaired) electrons. The zero-order chi connectivity index (χ0) is 26.7. The topological polar surface area (TPSA) is 63.0 Å². The minimum Gasteiger partial charge on any atom is -0.482 e. The van der Waals surface area contributed by atoms with Crippen molar-refractivity contribution in [1.29, 1.82) is 0 Å². The summed E-state index contributed by atoms with van der Waals surface area (Å²) in [5.74, 6) is 0.899. The third-order valence-corrected chi connectivity index (χ3v) is 7.00. The van der Waals surface area contributed by atoms with Gasteiger partial charge in [0.1, 0.15) is 18.6 Å². The predicted molar refractivity (Wildman–Crippen MR) is 146 cm³/mol. The Kier molecular flexibility index (Phi) is 7.88. The second-order valence-electron chi connectivity index (χ2n) is 11.2. The number of benzene rings is 2. The maximum atomic E-state index is 13.2. The lowest BCUT2D eigenvalue weighted by molar-refractivity contribution is 0.0617. The third kappa shape index (κ3) is 6.50. The molecule has 1 aromatic heterocycles. The van der Waals surface area contributed by atoms with Gasteiger partial charge < -0.3 is 14.1 Å². The van der Waals surface area contributed by atoms with Gasteiger partial charge in [-0.2, -0.15) is 0 Å². The highest BCUT2D eigenvalue weighted by molar-refractivity contribution is 5.97. The van der Waals surface area contributed by atoms with Crippen molar-refractivity contribution in [3.05, 3.63) is 98.1 Å². The Hall–Kier alpha value is -3.38. The van der Waals surface area contributed by atoms with E-state index < -0.39 is 0 Å². The molecule has 0 atom stereocenters. The summed E-state index contributed by atoms with van der Waals surface area (Å²) in [5.41, 5.74) is 6.19. The molecule has 4 rings (SSSR count). The summed E-state index contributed by atoms with van der Waals surface area (Å²) in [5, 5.41) is 0. The van der Waals surface area contributed by atoms with Crippen LogP contribution in [0.1, 0.15) is 64.7 Å². The normalized spacial score (nSPS) is 14.6. The molecule has 0 N–H and O–H groups in total. The average molecular weight is 503 g/mol. The number of hydrogen-bond donors (Lipinski definition) is 0. The van der Waals surface area contributed by atoms with E-state index in [1.165, 1.54) is 23.5 Å². The molecule has 6 heteroatoms. The lowest BCUT2D eigenvalue weighted by Gasteiger charge is -2.35. The number of aryl methyl sites for hydroxylation is 3. The minimum absolute atomic E-state index is 0.0933. The highest BCUT2D eigenvalue weighted by atomic mass is 16.5. The van der Waals surface area contributed by atoms with Crippen LogP contribution in [-0.4, -0.2) is 41.9 Å². The number of carbonyl (C=O) groups excluding carboxylic acids is 1. The Balaban J connectivity index is 1.30. The molecule has 1 aliphatic heterocycles. The number of hydrogen-bond acceptors (Lipinski definition) is 5. The van der Waals surface area contributed by atoms with Gasteiger partial charge in [0.2, 0.25) is 11.2 Å². The van der Waals surface area contributed by atoms with E-state index in [1.54, 1.807) is 0 Å². The summed E-state index contributed by atoms with van der Waals surface area (Å²) in [4.78, 5) is 29.9. The number of carbonyl (C=O) groups is 1. The van der Waals surface area contributed by atoms with Gasteiger partial charge in [0, 0.05) is 37.8 Å². The maximum absolute atomic E-state index is 13.2. The molecule has 2 aromatic carbocycles. The molecule has 196 valence electrons. The van der Waals surface area contributed by atoms with Crippen LogP contribution < -0.4 is 10.2 Å². The van der Waals surface area contributed by atoms with E-state index in [2.05, 4.69) is 56.9 Å². The van der Waals surface area contributed by atoms with Gasteiger partial charge in [0.25, 0.3) is 5.91 Å². The first-order valence-electron chi connectivity index (χ1n) is 12.9. The van der Waals surface area contributed by atoms with Gasteiger partial charge in [-0.1, -0.05) is 62.7 Å². The molecule has 3 aromatic rings. The molecule has 0 saturated carbocycles. The first-order valence-corrected chi connectivity index (χ1v) is 12.9. The molecule has 1 amide bonds. The Labute approximate surface area is 219 Å². The number of rotatable bonds is 6. The summed E-state index contributed by atoms with van der Waals surface area (Å²) in [6.07, 6.45) is 1.41. The molecule has 1 fully saturated rings. The van der Waals surface area contributed by atoms with Crippen LogP contribution in [0, 0.1) is 20.8 Å². The summed E-state index contributed by atoms with van der Waals surface area (Å²) < 4.78 is 11.5. The Morgan fingerprint density at radius 1 is 0.946 bits per heavy atom. The molecule has 1 saturated heterocycles. The van der Waals surface area contributed by atoms with Crippen molar-refractivity contribution in [1.82, 2.24) is 9.80 Å². The second-order valence-corrected chi connectivity index (χ2v) is 11.2. The van der Waals surface area contributed by atoms with E-state index >= 15 is 0 Å². The average Bonchev–Trinajstić information content (AvgIpc) is 2.83. The Morgan fingerprint density at radius 3 is 2.14 bits per heavy atom. The summed E-state index contributed by atoms with van der Waals surface area (Å²) in [7, 11) is 0. The fourth-order valence-electron chi connectivity index (χ4n) is 4.89. The fraction of sp³-hybridized carbons (Fsp3) is 0.419. The van der Waals surface area contributed by atoms with Crippen LogP contribution in [0.4, 0.5) is 0 Å². The zero-order valence-corrected chi connectivity index (χ0v) is 22.9. The van der Waals surface area contributed by atoms with Crippen molar-refractivity contribution in [2.75, 3.05) is 26.2 Å². The van der Waals surface area contributed by atoms with Crippen LogP contribution in [-0.2, 0) is 18.6 Å². The summed E-state index contributed by atoms with van der Waals surface area (Å²) in [6, 6.07) is 13.9. The van der Waals surface area contributed by atoms with Crippen LogP contribution in [0.15, 0.2) is 57.9 Å². The zero-order valence-electron chi connectivity index (χ0n) is 22.9. The molecule has 2 heterocycles. The fourth-order valence-corrected chi connectivity index (χ4v) is 4.89. The SMILES string of the molecule is Cc1cc(C)c(C(=O)N2CCN(Cc3cc(=O)c(OCc4ccc(C(C)(C)C)cc4)co3)CC2)c(C)c1. The van der Waals surface area contributed by atoms with Crippen LogP contribution in [0.2, 0.25) is 0 Å². The molecule has 0 spiro atoms.